The van der Waals surface area contributed by atoms with Crippen molar-refractivity contribution in [2.24, 2.45) is 7.05 Å². The van der Waals surface area contributed by atoms with Crippen molar-refractivity contribution in [3.05, 3.63) is 57.8 Å². The summed E-state index contributed by atoms with van der Waals surface area (Å²) in [5.41, 5.74) is 3.15. The van der Waals surface area contributed by atoms with Gasteiger partial charge in [0.2, 0.25) is 0 Å². The zero-order valence-corrected chi connectivity index (χ0v) is 14.0. The number of fused-ring (bicyclic) bond motifs is 1. The van der Waals surface area contributed by atoms with Crippen LogP contribution in [-0.2, 0) is 13.6 Å². The molecule has 4 rings (SSSR count). The lowest BCUT2D eigenvalue weighted by Crippen LogP contribution is -2.25. The highest BCUT2D eigenvalue weighted by molar-refractivity contribution is 5.72. The molecule has 1 atom stereocenters. The summed E-state index contributed by atoms with van der Waals surface area (Å²) in [6.07, 6.45) is 3.87. The summed E-state index contributed by atoms with van der Waals surface area (Å²) in [4.78, 5) is 22.1. The van der Waals surface area contributed by atoms with E-state index in [0.29, 0.717) is 29.4 Å². The van der Waals surface area contributed by atoms with Gasteiger partial charge >= 0.3 is 0 Å². The fourth-order valence-corrected chi connectivity index (χ4v) is 3.62. The lowest BCUT2D eigenvalue weighted by atomic mass is 10.0. The van der Waals surface area contributed by atoms with Gasteiger partial charge in [0.15, 0.2) is 5.65 Å². The fourth-order valence-electron chi connectivity index (χ4n) is 3.62. The Kier molecular flexibility index (Phi) is 3.69. The number of rotatable bonds is 3. The Balaban J connectivity index is 1.64. The molecule has 124 valence electrons. The largest absolute Gasteiger partial charge is 0.309 e. The minimum absolute atomic E-state index is 0.116. The SMILES string of the molecule is Cc1cccc([C@H]2CCCN2Cc2nc3c(cnn3C)c(=O)[nH]2)c1. The van der Waals surface area contributed by atoms with E-state index in [1.165, 1.54) is 11.1 Å². The first-order valence-electron chi connectivity index (χ1n) is 8.33. The van der Waals surface area contributed by atoms with Gasteiger partial charge in [0.25, 0.3) is 5.56 Å². The minimum Gasteiger partial charge on any atom is -0.309 e. The highest BCUT2D eigenvalue weighted by atomic mass is 16.1. The Morgan fingerprint density at radius 2 is 2.25 bits per heavy atom. The van der Waals surface area contributed by atoms with Gasteiger partial charge < -0.3 is 4.98 Å². The molecule has 0 spiro atoms. The fraction of sp³-hybridized carbons (Fsp3) is 0.389. The van der Waals surface area contributed by atoms with E-state index in [4.69, 9.17) is 0 Å². The van der Waals surface area contributed by atoms with E-state index in [1.54, 1.807) is 10.9 Å². The maximum atomic E-state index is 12.2. The van der Waals surface area contributed by atoms with Gasteiger partial charge in [-0.1, -0.05) is 29.8 Å². The van der Waals surface area contributed by atoms with Gasteiger partial charge in [0.05, 0.1) is 12.7 Å². The number of H-pyrrole nitrogens is 1. The molecular formula is C18H21N5O. The van der Waals surface area contributed by atoms with Crippen LogP contribution in [0.1, 0.15) is 35.8 Å². The molecule has 1 N–H and O–H groups in total. The van der Waals surface area contributed by atoms with Gasteiger partial charge in [-0.05, 0) is 31.9 Å². The maximum absolute atomic E-state index is 12.2. The third-order valence-corrected chi connectivity index (χ3v) is 4.79. The number of hydrogen-bond donors (Lipinski definition) is 1. The number of benzene rings is 1. The Labute approximate surface area is 140 Å². The highest BCUT2D eigenvalue weighted by Gasteiger charge is 2.26. The average molecular weight is 323 g/mol. The Hall–Kier alpha value is -2.47. The summed E-state index contributed by atoms with van der Waals surface area (Å²) in [6, 6.07) is 9.07. The van der Waals surface area contributed by atoms with Crippen molar-refractivity contribution in [3.8, 4) is 0 Å². The van der Waals surface area contributed by atoms with E-state index in [2.05, 4.69) is 51.2 Å². The normalized spacial score (nSPS) is 18.5. The number of nitrogens with zero attached hydrogens (tertiary/aromatic N) is 4. The summed E-state index contributed by atoms with van der Waals surface area (Å²) in [6.45, 7) is 3.79. The number of aromatic amines is 1. The minimum atomic E-state index is -0.116. The summed E-state index contributed by atoms with van der Waals surface area (Å²) < 4.78 is 1.65. The van der Waals surface area contributed by atoms with Crippen molar-refractivity contribution < 1.29 is 0 Å². The van der Waals surface area contributed by atoms with Gasteiger partial charge in [-0.2, -0.15) is 5.10 Å². The molecule has 1 fully saturated rings. The Bertz CT molecular complexity index is 942. The van der Waals surface area contributed by atoms with Crippen molar-refractivity contribution in [1.82, 2.24) is 24.6 Å². The van der Waals surface area contributed by atoms with Gasteiger partial charge in [-0.3, -0.25) is 14.4 Å². The molecule has 1 aliphatic heterocycles. The smallest absolute Gasteiger partial charge is 0.262 e. The Morgan fingerprint density at radius 3 is 3.08 bits per heavy atom. The van der Waals surface area contributed by atoms with Crippen molar-refractivity contribution in [2.45, 2.75) is 32.4 Å². The van der Waals surface area contributed by atoms with E-state index >= 15 is 0 Å². The van der Waals surface area contributed by atoms with Crippen LogP contribution in [0.3, 0.4) is 0 Å². The van der Waals surface area contributed by atoms with Crippen LogP contribution in [0.25, 0.3) is 11.0 Å². The Morgan fingerprint density at radius 1 is 1.38 bits per heavy atom. The number of likely N-dealkylation sites (tertiary alicyclic amines) is 1. The summed E-state index contributed by atoms with van der Waals surface area (Å²) in [5, 5.41) is 4.66. The summed E-state index contributed by atoms with van der Waals surface area (Å²) in [5.74, 6) is 0.704. The third-order valence-electron chi connectivity index (χ3n) is 4.79. The van der Waals surface area contributed by atoms with Crippen LogP contribution in [-0.4, -0.2) is 31.2 Å². The van der Waals surface area contributed by atoms with Gasteiger partial charge in [0.1, 0.15) is 11.2 Å². The molecule has 1 aliphatic rings. The average Bonchev–Trinajstić information content (AvgIpc) is 3.15. The molecule has 0 radical (unpaired) electrons. The zero-order valence-electron chi connectivity index (χ0n) is 14.0. The molecule has 0 bridgehead atoms. The predicted octanol–water partition coefficient (Wildman–Crippen LogP) is 2.30. The van der Waals surface area contributed by atoms with Crippen LogP contribution in [0.15, 0.2) is 35.3 Å². The molecule has 2 aromatic heterocycles. The van der Waals surface area contributed by atoms with Crippen molar-refractivity contribution >= 4 is 11.0 Å². The molecule has 0 amide bonds. The molecule has 1 aromatic carbocycles. The lowest BCUT2D eigenvalue weighted by molar-refractivity contribution is 0.242. The molecule has 0 unspecified atom stereocenters. The van der Waals surface area contributed by atoms with Gasteiger partial charge in [0, 0.05) is 13.1 Å². The highest BCUT2D eigenvalue weighted by Crippen LogP contribution is 2.33. The predicted molar refractivity (Wildman–Crippen MR) is 92.7 cm³/mol. The van der Waals surface area contributed by atoms with Crippen LogP contribution in [0.2, 0.25) is 0 Å². The molecular weight excluding hydrogens is 302 g/mol. The van der Waals surface area contributed by atoms with Crippen LogP contribution in [0.5, 0.6) is 0 Å². The number of aromatic nitrogens is 4. The first kappa shape index (κ1) is 15.1. The summed E-state index contributed by atoms with van der Waals surface area (Å²) >= 11 is 0. The molecule has 24 heavy (non-hydrogen) atoms. The first-order valence-corrected chi connectivity index (χ1v) is 8.33. The van der Waals surface area contributed by atoms with Crippen molar-refractivity contribution in [2.75, 3.05) is 6.54 Å². The standard InChI is InChI=1S/C18H21N5O/c1-12-5-3-6-13(9-12)15-7-4-8-23(15)11-16-20-17-14(18(24)21-16)10-19-22(17)2/h3,5-6,9-10,15H,4,7-8,11H2,1-2H3,(H,20,21,24)/t15-/m1/s1. The molecule has 1 saturated heterocycles. The van der Waals surface area contributed by atoms with Crippen LogP contribution in [0, 0.1) is 6.92 Å². The van der Waals surface area contributed by atoms with Crippen LogP contribution >= 0.6 is 0 Å². The quantitative estimate of drug-likeness (QED) is 0.803. The van der Waals surface area contributed by atoms with Crippen molar-refractivity contribution in [1.29, 1.82) is 0 Å². The maximum Gasteiger partial charge on any atom is 0.262 e. The topological polar surface area (TPSA) is 66.8 Å². The van der Waals surface area contributed by atoms with Gasteiger partial charge in [-0.15, -0.1) is 0 Å². The molecule has 0 saturated carbocycles. The second-order valence-corrected chi connectivity index (χ2v) is 6.56. The van der Waals surface area contributed by atoms with E-state index in [0.717, 1.165) is 19.4 Å². The molecule has 6 nitrogen and oxygen atoms in total. The number of hydrogen-bond acceptors (Lipinski definition) is 4. The molecule has 0 aliphatic carbocycles. The first-order chi connectivity index (χ1) is 11.6. The number of aryl methyl sites for hydroxylation is 2. The van der Waals surface area contributed by atoms with E-state index in [1.807, 2.05) is 7.05 Å². The van der Waals surface area contributed by atoms with Gasteiger partial charge in [-0.25, -0.2) is 4.98 Å². The van der Waals surface area contributed by atoms with Crippen molar-refractivity contribution in [3.63, 3.8) is 0 Å². The van der Waals surface area contributed by atoms with E-state index < -0.39 is 0 Å². The molecule has 6 heteroatoms. The van der Waals surface area contributed by atoms with E-state index in [9.17, 15) is 4.79 Å². The molecule has 3 heterocycles. The van der Waals surface area contributed by atoms with Crippen LogP contribution in [0.4, 0.5) is 0 Å². The van der Waals surface area contributed by atoms with Crippen LogP contribution < -0.4 is 5.56 Å². The monoisotopic (exact) mass is 323 g/mol. The number of nitrogens with one attached hydrogen (secondary N) is 1. The second-order valence-electron chi connectivity index (χ2n) is 6.56. The molecule has 3 aromatic rings. The lowest BCUT2D eigenvalue weighted by Gasteiger charge is -2.24. The third kappa shape index (κ3) is 2.63. The second kappa shape index (κ2) is 5.87. The summed E-state index contributed by atoms with van der Waals surface area (Å²) in [7, 11) is 1.81. The van der Waals surface area contributed by atoms with E-state index in [-0.39, 0.29) is 5.56 Å². The zero-order chi connectivity index (χ0) is 16.7.